The zero-order valence-corrected chi connectivity index (χ0v) is 19.9. The molecule has 1 aromatic carbocycles. The summed E-state index contributed by atoms with van der Waals surface area (Å²) in [7, 11) is 2.20. The Morgan fingerprint density at radius 2 is 1.80 bits per heavy atom. The molecule has 4 heteroatoms. The van der Waals surface area contributed by atoms with E-state index in [4.69, 9.17) is 9.47 Å². The third kappa shape index (κ3) is 7.61. The highest BCUT2D eigenvalue weighted by Gasteiger charge is 2.34. The fourth-order valence-corrected chi connectivity index (χ4v) is 4.68. The van der Waals surface area contributed by atoms with Crippen LogP contribution in [-0.4, -0.2) is 43.2 Å². The number of benzene rings is 1. The van der Waals surface area contributed by atoms with Crippen molar-refractivity contribution in [3.8, 4) is 5.75 Å². The molecule has 1 fully saturated rings. The lowest BCUT2D eigenvalue weighted by atomic mass is 9.80. The lowest BCUT2D eigenvalue weighted by Gasteiger charge is -2.42. The summed E-state index contributed by atoms with van der Waals surface area (Å²) in [6, 6.07) is 7.89. The monoisotopic (exact) mass is 417 g/mol. The van der Waals surface area contributed by atoms with Crippen molar-refractivity contribution in [1.29, 1.82) is 0 Å². The lowest BCUT2D eigenvalue weighted by Crippen LogP contribution is -2.48. The predicted octanol–water partition coefficient (Wildman–Crippen LogP) is 6.34. The summed E-state index contributed by atoms with van der Waals surface area (Å²) < 4.78 is 11.7. The Hall–Kier alpha value is -1.55. The molecule has 1 aliphatic heterocycles. The Morgan fingerprint density at radius 1 is 1.10 bits per heavy atom. The number of unbranched alkanes of at least 4 members (excludes halogenated alkanes) is 4. The van der Waals surface area contributed by atoms with Crippen molar-refractivity contribution in [3.63, 3.8) is 0 Å². The molecule has 0 amide bonds. The first-order valence-electron chi connectivity index (χ1n) is 12.1. The fourth-order valence-electron chi connectivity index (χ4n) is 4.68. The molecule has 0 N–H and O–H groups in total. The van der Waals surface area contributed by atoms with Gasteiger partial charge in [0.2, 0.25) is 0 Å². The zero-order valence-electron chi connectivity index (χ0n) is 19.9. The molecule has 0 spiro atoms. The minimum Gasteiger partial charge on any atom is -0.494 e. The molecular formula is C26H43NO3. The van der Waals surface area contributed by atoms with Crippen LogP contribution in [0.2, 0.25) is 0 Å². The second-order valence-corrected chi connectivity index (χ2v) is 9.20. The van der Waals surface area contributed by atoms with Gasteiger partial charge in [-0.25, -0.2) is 4.79 Å². The highest BCUT2D eigenvalue weighted by molar-refractivity contribution is 5.89. The van der Waals surface area contributed by atoms with Crippen LogP contribution in [0.4, 0.5) is 0 Å². The molecule has 3 unspecified atom stereocenters. The van der Waals surface area contributed by atoms with Crippen molar-refractivity contribution in [1.82, 2.24) is 4.90 Å². The number of ether oxygens (including phenoxy) is 2. The van der Waals surface area contributed by atoms with Crippen molar-refractivity contribution in [3.05, 3.63) is 29.8 Å². The number of carbonyl (C=O) groups is 1. The van der Waals surface area contributed by atoms with Crippen LogP contribution < -0.4 is 4.74 Å². The summed E-state index contributed by atoms with van der Waals surface area (Å²) in [6.45, 7) is 10.8. The van der Waals surface area contributed by atoms with Gasteiger partial charge in [0.1, 0.15) is 11.9 Å². The van der Waals surface area contributed by atoms with E-state index in [1.54, 1.807) is 0 Å². The van der Waals surface area contributed by atoms with E-state index >= 15 is 0 Å². The molecule has 4 nitrogen and oxygen atoms in total. The van der Waals surface area contributed by atoms with Crippen LogP contribution in [0.3, 0.4) is 0 Å². The first-order valence-corrected chi connectivity index (χ1v) is 12.1. The van der Waals surface area contributed by atoms with Crippen LogP contribution in [-0.2, 0) is 4.74 Å². The van der Waals surface area contributed by atoms with E-state index in [1.807, 2.05) is 24.3 Å². The van der Waals surface area contributed by atoms with Gasteiger partial charge >= 0.3 is 5.97 Å². The van der Waals surface area contributed by atoms with Gasteiger partial charge in [0.25, 0.3) is 0 Å². The molecule has 0 radical (unpaired) electrons. The summed E-state index contributed by atoms with van der Waals surface area (Å²) in [4.78, 5) is 15.1. The molecular weight excluding hydrogens is 374 g/mol. The van der Waals surface area contributed by atoms with Gasteiger partial charge in [-0.3, -0.25) is 0 Å². The Morgan fingerprint density at radius 3 is 2.43 bits per heavy atom. The van der Waals surface area contributed by atoms with Gasteiger partial charge in [0.05, 0.1) is 12.2 Å². The van der Waals surface area contributed by atoms with Gasteiger partial charge in [-0.1, -0.05) is 59.8 Å². The Labute approximate surface area is 184 Å². The maximum absolute atomic E-state index is 12.7. The number of hydrogen-bond acceptors (Lipinski definition) is 4. The van der Waals surface area contributed by atoms with Crippen molar-refractivity contribution < 1.29 is 14.3 Å². The Balaban J connectivity index is 1.82. The van der Waals surface area contributed by atoms with Gasteiger partial charge in [-0.05, 0) is 56.0 Å². The summed E-state index contributed by atoms with van der Waals surface area (Å²) in [5.41, 5.74) is 0.608. The molecule has 0 bridgehead atoms. The smallest absolute Gasteiger partial charge is 0.338 e. The van der Waals surface area contributed by atoms with E-state index in [2.05, 4.69) is 39.6 Å². The number of rotatable bonds is 12. The van der Waals surface area contributed by atoms with Crippen molar-refractivity contribution in [2.45, 2.75) is 91.2 Å². The van der Waals surface area contributed by atoms with Crippen molar-refractivity contribution in [2.24, 2.45) is 11.8 Å². The van der Waals surface area contributed by atoms with Crippen LogP contribution in [0.1, 0.15) is 89.4 Å². The fraction of sp³-hybridized carbons (Fsp3) is 0.731. The second kappa shape index (κ2) is 13.0. The Bertz CT molecular complexity index is 613. The van der Waals surface area contributed by atoms with Gasteiger partial charge in [-0.2, -0.15) is 0 Å². The van der Waals surface area contributed by atoms with Gasteiger partial charge in [-0.15, -0.1) is 0 Å². The summed E-state index contributed by atoms with van der Waals surface area (Å²) in [6.07, 6.45) is 9.13. The lowest BCUT2D eigenvalue weighted by molar-refractivity contribution is -0.0125. The molecule has 1 aromatic rings. The maximum atomic E-state index is 12.7. The zero-order chi connectivity index (χ0) is 21.9. The second-order valence-electron chi connectivity index (χ2n) is 9.20. The average molecular weight is 418 g/mol. The molecule has 3 atom stereocenters. The number of hydrogen-bond donors (Lipinski definition) is 0. The van der Waals surface area contributed by atoms with Crippen LogP contribution in [0, 0.1) is 11.8 Å². The van der Waals surface area contributed by atoms with E-state index in [1.165, 1.54) is 25.7 Å². The van der Waals surface area contributed by atoms with E-state index in [-0.39, 0.29) is 12.1 Å². The van der Waals surface area contributed by atoms with E-state index in [0.29, 0.717) is 23.4 Å². The largest absolute Gasteiger partial charge is 0.494 e. The van der Waals surface area contributed by atoms with Gasteiger partial charge in [0.15, 0.2) is 0 Å². The van der Waals surface area contributed by atoms with E-state index in [9.17, 15) is 4.79 Å². The topological polar surface area (TPSA) is 38.8 Å². The molecule has 0 saturated carbocycles. The standard InChI is InChI=1S/C26H43NO3/c1-6-8-9-10-11-18-29-22-14-12-21(13-15-22)26(28)30-23-16-17-27(5)25(19-23)24(7-2)20(3)4/h12-15,20,23-25H,6-11,16-19H2,1-5H3. The van der Waals surface area contributed by atoms with E-state index < -0.39 is 0 Å². The normalized spacial score (nSPS) is 20.9. The van der Waals surface area contributed by atoms with E-state index in [0.717, 1.165) is 44.6 Å². The third-order valence-corrected chi connectivity index (χ3v) is 6.58. The van der Waals surface area contributed by atoms with Crippen LogP contribution in [0.5, 0.6) is 5.75 Å². The van der Waals surface area contributed by atoms with Crippen LogP contribution in [0.25, 0.3) is 0 Å². The highest BCUT2D eigenvalue weighted by atomic mass is 16.5. The molecule has 2 rings (SSSR count). The van der Waals surface area contributed by atoms with Crippen molar-refractivity contribution in [2.75, 3.05) is 20.2 Å². The summed E-state index contributed by atoms with van der Waals surface area (Å²) in [5, 5.41) is 0. The van der Waals surface area contributed by atoms with Gasteiger partial charge in [0, 0.05) is 19.0 Å². The highest BCUT2D eigenvalue weighted by Crippen LogP contribution is 2.31. The molecule has 0 aliphatic carbocycles. The first-order chi connectivity index (χ1) is 14.5. The summed E-state index contributed by atoms with van der Waals surface area (Å²) in [5.74, 6) is 1.88. The molecule has 0 aromatic heterocycles. The van der Waals surface area contributed by atoms with Crippen LogP contribution in [0.15, 0.2) is 24.3 Å². The SMILES string of the molecule is CCCCCCCOc1ccc(C(=O)OC2CCN(C)C(C(CC)C(C)C)C2)cc1. The molecule has 1 heterocycles. The third-order valence-electron chi connectivity index (χ3n) is 6.58. The molecule has 30 heavy (non-hydrogen) atoms. The number of piperidine rings is 1. The number of nitrogens with zero attached hydrogens (tertiary/aromatic N) is 1. The molecule has 1 aliphatic rings. The predicted molar refractivity (Wildman–Crippen MR) is 124 cm³/mol. The minimum atomic E-state index is -0.216. The van der Waals surface area contributed by atoms with Gasteiger partial charge < -0.3 is 14.4 Å². The molecule has 170 valence electrons. The number of carbonyl (C=O) groups excluding carboxylic acids is 1. The average Bonchev–Trinajstić information content (AvgIpc) is 2.73. The maximum Gasteiger partial charge on any atom is 0.338 e. The minimum absolute atomic E-state index is 0.00514. The number of likely N-dealkylation sites (tertiary alicyclic amines) is 1. The number of esters is 1. The Kier molecular flexibility index (Phi) is 10.7. The quantitative estimate of drug-likeness (QED) is 0.294. The van der Waals surface area contributed by atoms with Crippen LogP contribution >= 0.6 is 0 Å². The molecule has 1 saturated heterocycles. The first kappa shape index (κ1) is 24.7. The van der Waals surface area contributed by atoms with Crippen molar-refractivity contribution >= 4 is 5.97 Å². The summed E-state index contributed by atoms with van der Waals surface area (Å²) >= 11 is 0.